The normalized spacial score (nSPS) is 9.95. The Bertz CT molecular complexity index is 662. The number of carbonyl (C=O) groups excluding carboxylic acids is 1. The molecular formula is C15H13ClN2O2S. The Balaban J connectivity index is 1.94. The lowest BCUT2D eigenvalue weighted by Crippen LogP contribution is -2.20. The van der Waals surface area contributed by atoms with Gasteiger partial charge in [0.25, 0.3) is 5.91 Å². The van der Waals surface area contributed by atoms with Gasteiger partial charge in [-0.15, -0.1) is 0 Å². The minimum Gasteiger partial charge on any atom is -0.482 e. The van der Waals surface area contributed by atoms with E-state index in [1.54, 1.807) is 30.3 Å². The summed E-state index contributed by atoms with van der Waals surface area (Å²) in [5.74, 6) is 0.135. The van der Waals surface area contributed by atoms with Crippen molar-refractivity contribution in [1.82, 2.24) is 0 Å². The molecule has 0 aliphatic carbocycles. The number of halogens is 1. The number of nitrogens with two attached hydrogens (primary N) is 1. The van der Waals surface area contributed by atoms with E-state index in [0.29, 0.717) is 22.0 Å². The Morgan fingerprint density at radius 3 is 2.57 bits per heavy atom. The number of para-hydroxylation sites is 1. The van der Waals surface area contributed by atoms with Crippen LogP contribution in [0, 0.1) is 0 Å². The molecule has 21 heavy (non-hydrogen) atoms. The van der Waals surface area contributed by atoms with Crippen molar-refractivity contribution in [2.45, 2.75) is 0 Å². The van der Waals surface area contributed by atoms with Crippen molar-refractivity contribution in [2.75, 3.05) is 11.9 Å². The summed E-state index contributed by atoms with van der Waals surface area (Å²) in [5, 5.41) is 3.07. The van der Waals surface area contributed by atoms with Gasteiger partial charge in [-0.3, -0.25) is 4.79 Å². The van der Waals surface area contributed by atoms with Gasteiger partial charge in [-0.05, 0) is 30.3 Å². The van der Waals surface area contributed by atoms with E-state index in [-0.39, 0.29) is 17.5 Å². The number of thiocarbonyl (C=S) groups is 1. The molecule has 0 heterocycles. The van der Waals surface area contributed by atoms with E-state index < -0.39 is 0 Å². The van der Waals surface area contributed by atoms with Crippen molar-refractivity contribution in [3.63, 3.8) is 0 Å². The maximum atomic E-state index is 11.8. The van der Waals surface area contributed by atoms with E-state index >= 15 is 0 Å². The van der Waals surface area contributed by atoms with Gasteiger partial charge in [0.2, 0.25) is 0 Å². The monoisotopic (exact) mass is 320 g/mol. The van der Waals surface area contributed by atoms with Crippen molar-refractivity contribution >= 4 is 40.4 Å². The maximum Gasteiger partial charge on any atom is 0.262 e. The van der Waals surface area contributed by atoms with Gasteiger partial charge >= 0.3 is 0 Å². The first-order valence-electron chi connectivity index (χ1n) is 6.13. The molecule has 0 aliphatic rings. The number of hydrogen-bond donors (Lipinski definition) is 2. The number of amides is 1. The average molecular weight is 321 g/mol. The zero-order valence-corrected chi connectivity index (χ0v) is 12.6. The second-order valence-electron chi connectivity index (χ2n) is 4.21. The Labute approximate surface area is 132 Å². The highest BCUT2D eigenvalue weighted by molar-refractivity contribution is 7.80. The van der Waals surface area contributed by atoms with Crippen molar-refractivity contribution < 1.29 is 9.53 Å². The molecule has 0 bridgehead atoms. The molecule has 2 rings (SSSR count). The van der Waals surface area contributed by atoms with Gasteiger partial charge in [0.05, 0.1) is 5.02 Å². The van der Waals surface area contributed by atoms with E-state index in [1.165, 1.54) is 0 Å². The molecule has 1 amide bonds. The van der Waals surface area contributed by atoms with Gasteiger partial charge in [0.15, 0.2) is 6.61 Å². The van der Waals surface area contributed by atoms with Crippen LogP contribution in [0.4, 0.5) is 5.69 Å². The summed E-state index contributed by atoms with van der Waals surface area (Å²) in [5.41, 5.74) is 6.87. The molecule has 0 saturated heterocycles. The second kappa shape index (κ2) is 7.06. The van der Waals surface area contributed by atoms with Crippen LogP contribution in [0.1, 0.15) is 5.56 Å². The number of anilines is 1. The van der Waals surface area contributed by atoms with E-state index in [9.17, 15) is 4.79 Å². The third-order valence-corrected chi connectivity index (χ3v) is 3.16. The molecule has 0 saturated carbocycles. The van der Waals surface area contributed by atoms with Gasteiger partial charge < -0.3 is 15.8 Å². The van der Waals surface area contributed by atoms with Gasteiger partial charge in [-0.1, -0.05) is 42.0 Å². The SMILES string of the molecule is NC(=S)c1ccc(OCC(=O)Nc2ccccc2)c(Cl)c1. The molecule has 0 fully saturated rings. The molecule has 2 aromatic rings. The lowest BCUT2D eigenvalue weighted by molar-refractivity contribution is -0.118. The topological polar surface area (TPSA) is 64.3 Å². The number of benzene rings is 2. The van der Waals surface area contributed by atoms with Crippen molar-refractivity contribution in [3.05, 3.63) is 59.1 Å². The quantitative estimate of drug-likeness (QED) is 0.831. The standard InChI is InChI=1S/C15H13ClN2O2S/c16-12-8-10(15(17)21)6-7-13(12)20-9-14(19)18-11-4-2-1-3-5-11/h1-8H,9H2,(H2,17,21)(H,18,19). The zero-order valence-electron chi connectivity index (χ0n) is 11.0. The minimum atomic E-state index is -0.268. The van der Waals surface area contributed by atoms with Crippen LogP contribution >= 0.6 is 23.8 Å². The number of carbonyl (C=O) groups is 1. The van der Waals surface area contributed by atoms with E-state index in [1.807, 2.05) is 18.2 Å². The van der Waals surface area contributed by atoms with E-state index in [4.69, 9.17) is 34.3 Å². The fourth-order valence-electron chi connectivity index (χ4n) is 1.63. The van der Waals surface area contributed by atoms with Gasteiger partial charge in [0.1, 0.15) is 10.7 Å². The summed E-state index contributed by atoms with van der Waals surface area (Å²) in [4.78, 5) is 12.0. The first-order valence-corrected chi connectivity index (χ1v) is 6.92. The highest BCUT2D eigenvalue weighted by Gasteiger charge is 2.08. The highest BCUT2D eigenvalue weighted by Crippen LogP contribution is 2.25. The summed E-state index contributed by atoms with van der Waals surface area (Å²) < 4.78 is 5.38. The molecule has 4 nitrogen and oxygen atoms in total. The summed E-state index contributed by atoms with van der Waals surface area (Å²) in [6.07, 6.45) is 0. The highest BCUT2D eigenvalue weighted by atomic mass is 35.5. The van der Waals surface area contributed by atoms with Gasteiger partial charge in [-0.2, -0.15) is 0 Å². The molecule has 108 valence electrons. The van der Waals surface area contributed by atoms with Crippen LogP contribution in [0.25, 0.3) is 0 Å². The number of ether oxygens (including phenoxy) is 1. The summed E-state index contributed by atoms with van der Waals surface area (Å²) >= 11 is 10.9. The first-order chi connectivity index (χ1) is 10.1. The van der Waals surface area contributed by atoms with Crippen LogP contribution in [0.3, 0.4) is 0 Å². The smallest absolute Gasteiger partial charge is 0.262 e. The Hall–Kier alpha value is -2.11. The van der Waals surface area contributed by atoms with E-state index in [2.05, 4.69) is 5.32 Å². The second-order valence-corrected chi connectivity index (χ2v) is 5.06. The summed E-state index contributed by atoms with van der Waals surface area (Å²) in [6.45, 7) is -0.138. The van der Waals surface area contributed by atoms with Crippen LogP contribution < -0.4 is 15.8 Å². The molecule has 0 aromatic heterocycles. The molecule has 0 radical (unpaired) electrons. The fraction of sp³-hybridized carbons (Fsp3) is 0.0667. The Kier molecular flexibility index (Phi) is 5.14. The molecule has 6 heteroatoms. The van der Waals surface area contributed by atoms with Crippen LogP contribution in [0.15, 0.2) is 48.5 Å². The number of rotatable bonds is 5. The third kappa shape index (κ3) is 4.44. The first kappa shape index (κ1) is 15.3. The summed E-state index contributed by atoms with van der Waals surface area (Å²) in [7, 11) is 0. The molecule has 2 aromatic carbocycles. The minimum absolute atomic E-state index is 0.138. The molecule has 3 N–H and O–H groups in total. The predicted molar refractivity (Wildman–Crippen MR) is 87.9 cm³/mol. The predicted octanol–water partition coefficient (Wildman–Crippen LogP) is 2.99. The zero-order chi connectivity index (χ0) is 15.2. The largest absolute Gasteiger partial charge is 0.482 e. The number of nitrogens with one attached hydrogen (secondary N) is 1. The third-order valence-electron chi connectivity index (χ3n) is 2.63. The van der Waals surface area contributed by atoms with E-state index in [0.717, 1.165) is 0 Å². The van der Waals surface area contributed by atoms with Crippen LogP contribution in [-0.4, -0.2) is 17.5 Å². The van der Waals surface area contributed by atoms with Crippen LogP contribution in [0.5, 0.6) is 5.75 Å². The molecular weight excluding hydrogens is 308 g/mol. The van der Waals surface area contributed by atoms with Gasteiger partial charge in [-0.25, -0.2) is 0 Å². The Morgan fingerprint density at radius 1 is 1.24 bits per heavy atom. The fourth-order valence-corrected chi connectivity index (χ4v) is 2.00. The molecule has 0 aliphatic heterocycles. The number of hydrogen-bond acceptors (Lipinski definition) is 3. The molecule has 0 unspecified atom stereocenters. The van der Waals surface area contributed by atoms with Crippen LogP contribution in [0.2, 0.25) is 5.02 Å². The molecule has 0 spiro atoms. The lowest BCUT2D eigenvalue weighted by Gasteiger charge is -2.09. The maximum absolute atomic E-state index is 11.8. The van der Waals surface area contributed by atoms with Crippen molar-refractivity contribution in [2.24, 2.45) is 5.73 Å². The molecule has 0 atom stereocenters. The van der Waals surface area contributed by atoms with Gasteiger partial charge in [0, 0.05) is 11.3 Å². The van der Waals surface area contributed by atoms with Crippen LogP contribution in [-0.2, 0) is 4.79 Å². The van der Waals surface area contributed by atoms with Crippen molar-refractivity contribution in [3.8, 4) is 5.75 Å². The lowest BCUT2D eigenvalue weighted by atomic mass is 10.2. The average Bonchev–Trinajstić information content (AvgIpc) is 2.47. The van der Waals surface area contributed by atoms with Crippen molar-refractivity contribution in [1.29, 1.82) is 0 Å². The summed E-state index contributed by atoms with van der Waals surface area (Å²) in [6, 6.07) is 14.1. The Morgan fingerprint density at radius 2 is 1.95 bits per heavy atom.